The number of nitriles is 1. The largest absolute Gasteiger partial charge is 0.198 e. The molecule has 0 spiro atoms. The van der Waals surface area contributed by atoms with Crippen LogP contribution < -0.4 is 0 Å². The second kappa shape index (κ2) is 13.4. The Hall–Kier alpha value is -1.29. The Kier molecular flexibility index (Phi) is 10.6. The molecule has 2 fully saturated rings. The Labute approximate surface area is 199 Å². The lowest BCUT2D eigenvalue weighted by atomic mass is 9.67. The summed E-state index contributed by atoms with van der Waals surface area (Å²) in [6, 6.07) is 12.3. The third-order valence-electron chi connectivity index (χ3n) is 8.91. The van der Waals surface area contributed by atoms with Gasteiger partial charge in [0.05, 0.1) is 11.5 Å². The van der Waals surface area contributed by atoms with E-state index in [1.54, 1.807) is 0 Å². The van der Waals surface area contributed by atoms with Gasteiger partial charge >= 0.3 is 0 Å². The van der Waals surface area contributed by atoms with Gasteiger partial charge in [-0.25, -0.2) is 0 Å². The van der Waals surface area contributed by atoms with Crippen molar-refractivity contribution in [1.82, 2.24) is 0 Å². The molecule has 1 aromatic rings. The molecular weight excluding hydrogens is 386 g/mol. The van der Waals surface area contributed by atoms with E-state index in [-0.39, 0.29) is 5.41 Å². The Morgan fingerprint density at radius 1 is 0.781 bits per heavy atom. The topological polar surface area (TPSA) is 23.8 Å². The average molecular weight is 436 g/mol. The third kappa shape index (κ3) is 7.64. The molecule has 0 radical (unpaired) electrons. The molecule has 178 valence electrons. The standard InChI is InChI=1S/C31H49N/c1-3-5-7-9-26-10-12-27(13-11-26)14-15-28-16-18-29(19-17-28)30-20-23-31(25-32,24-21-30)22-8-6-4-2/h16-19,26-27,30H,3-15,20-24H2,1-2H3/t26-,27-,30?,31?. The molecule has 0 heterocycles. The van der Waals surface area contributed by atoms with Crippen molar-refractivity contribution in [2.45, 2.75) is 135 Å². The van der Waals surface area contributed by atoms with E-state index in [1.165, 1.54) is 107 Å². The zero-order valence-corrected chi connectivity index (χ0v) is 21.2. The summed E-state index contributed by atoms with van der Waals surface area (Å²) >= 11 is 0. The zero-order chi connectivity index (χ0) is 22.7. The van der Waals surface area contributed by atoms with Crippen LogP contribution in [0.2, 0.25) is 0 Å². The molecule has 0 aliphatic heterocycles. The predicted molar refractivity (Wildman–Crippen MR) is 138 cm³/mol. The zero-order valence-electron chi connectivity index (χ0n) is 21.2. The third-order valence-corrected chi connectivity index (χ3v) is 8.91. The van der Waals surface area contributed by atoms with Gasteiger partial charge in [0.25, 0.3) is 0 Å². The van der Waals surface area contributed by atoms with Crippen molar-refractivity contribution in [2.75, 3.05) is 0 Å². The monoisotopic (exact) mass is 435 g/mol. The number of benzene rings is 1. The summed E-state index contributed by atoms with van der Waals surface area (Å²) in [6.45, 7) is 4.56. The molecule has 0 bridgehead atoms. The molecule has 0 unspecified atom stereocenters. The van der Waals surface area contributed by atoms with Crippen LogP contribution in [0.25, 0.3) is 0 Å². The van der Waals surface area contributed by atoms with Crippen molar-refractivity contribution < 1.29 is 0 Å². The molecule has 2 aliphatic rings. The lowest BCUT2D eigenvalue weighted by Gasteiger charge is -2.35. The number of unbranched alkanes of at least 4 members (excludes halogenated alkanes) is 4. The predicted octanol–water partition coefficient (Wildman–Crippen LogP) is 9.75. The first kappa shape index (κ1) is 25.3. The van der Waals surface area contributed by atoms with Crippen LogP contribution in [0, 0.1) is 28.6 Å². The van der Waals surface area contributed by atoms with Gasteiger partial charge in [-0.05, 0) is 73.8 Å². The Bertz CT molecular complexity index is 665. The van der Waals surface area contributed by atoms with Crippen LogP contribution >= 0.6 is 0 Å². The summed E-state index contributed by atoms with van der Waals surface area (Å²) < 4.78 is 0. The molecule has 1 nitrogen and oxygen atoms in total. The Balaban J connectivity index is 1.38. The summed E-state index contributed by atoms with van der Waals surface area (Å²) in [5, 5.41) is 9.81. The van der Waals surface area contributed by atoms with Crippen LogP contribution in [-0.2, 0) is 6.42 Å². The maximum absolute atomic E-state index is 9.81. The van der Waals surface area contributed by atoms with E-state index in [4.69, 9.17) is 0 Å². The SMILES string of the molecule is CCCCCC1(C#N)CCC(c2ccc(CC[C@H]3CC[C@H](CCCCC)CC3)cc2)CC1. The van der Waals surface area contributed by atoms with E-state index in [2.05, 4.69) is 44.2 Å². The first-order valence-corrected chi connectivity index (χ1v) is 14.2. The first-order chi connectivity index (χ1) is 15.7. The van der Waals surface area contributed by atoms with E-state index in [1.807, 2.05) is 0 Å². The summed E-state index contributed by atoms with van der Waals surface area (Å²) in [7, 11) is 0. The number of rotatable bonds is 12. The Morgan fingerprint density at radius 3 is 1.97 bits per heavy atom. The van der Waals surface area contributed by atoms with Crippen LogP contribution in [-0.4, -0.2) is 0 Å². The normalized spacial score (nSPS) is 28.3. The van der Waals surface area contributed by atoms with E-state index >= 15 is 0 Å². The Morgan fingerprint density at radius 2 is 1.38 bits per heavy atom. The van der Waals surface area contributed by atoms with Gasteiger partial charge in [-0.1, -0.05) is 109 Å². The van der Waals surface area contributed by atoms with Gasteiger partial charge in [-0.3, -0.25) is 0 Å². The van der Waals surface area contributed by atoms with Gasteiger partial charge in [0.1, 0.15) is 0 Å². The summed E-state index contributed by atoms with van der Waals surface area (Å²) in [6.07, 6.45) is 23.7. The fourth-order valence-corrected chi connectivity index (χ4v) is 6.45. The van der Waals surface area contributed by atoms with Crippen molar-refractivity contribution in [3.05, 3.63) is 35.4 Å². The number of hydrogen-bond acceptors (Lipinski definition) is 1. The van der Waals surface area contributed by atoms with Crippen molar-refractivity contribution in [1.29, 1.82) is 5.26 Å². The molecule has 0 saturated heterocycles. The van der Waals surface area contributed by atoms with Crippen molar-refractivity contribution in [2.24, 2.45) is 17.3 Å². The van der Waals surface area contributed by atoms with Crippen molar-refractivity contribution in [3.8, 4) is 6.07 Å². The fourth-order valence-electron chi connectivity index (χ4n) is 6.45. The number of aryl methyl sites for hydroxylation is 1. The molecule has 0 atom stereocenters. The van der Waals surface area contributed by atoms with Crippen LogP contribution in [0.1, 0.15) is 140 Å². The summed E-state index contributed by atoms with van der Waals surface area (Å²) in [5.74, 6) is 2.65. The minimum atomic E-state index is -0.0272. The van der Waals surface area contributed by atoms with Crippen LogP contribution in [0.5, 0.6) is 0 Å². The molecule has 1 aromatic carbocycles. The highest BCUT2D eigenvalue weighted by Crippen LogP contribution is 2.45. The smallest absolute Gasteiger partial charge is 0.0689 e. The summed E-state index contributed by atoms with van der Waals surface area (Å²) in [4.78, 5) is 0. The van der Waals surface area contributed by atoms with Crippen LogP contribution in [0.4, 0.5) is 0 Å². The molecule has 2 aliphatic carbocycles. The van der Waals surface area contributed by atoms with Crippen molar-refractivity contribution in [3.63, 3.8) is 0 Å². The molecule has 32 heavy (non-hydrogen) atoms. The molecule has 3 rings (SSSR count). The van der Waals surface area contributed by atoms with Gasteiger partial charge in [-0.2, -0.15) is 5.26 Å². The number of nitrogens with zero attached hydrogens (tertiary/aromatic N) is 1. The van der Waals surface area contributed by atoms with Gasteiger partial charge in [0.2, 0.25) is 0 Å². The maximum atomic E-state index is 9.81. The fraction of sp³-hybridized carbons (Fsp3) is 0.774. The average Bonchev–Trinajstić information content (AvgIpc) is 2.85. The minimum Gasteiger partial charge on any atom is -0.198 e. The lowest BCUT2D eigenvalue weighted by Crippen LogP contribution is -2.25. The van der Waals surface area contributed by atoms with Crippen LogP contribution in [0.15, 0.2) is 24.3 Å². The van der Waals surface area contributed by atoms with Crippen LogP contribution in [0.3, 0.4) is 0 Å². The quantitative estimate of drug-likeness (QED) is 0.300. The molecule has 0 amide bonds. The van der Waals surface area contributed by atoms with E-state index < -0.39 is 0 Å². The number of hydrogen-bond donors (Lipinski definition) is 0. The molecule has 1 heteroatoms. The molecule has 0 aromatic heterocycles. The minimum absolute atomic E-state index is 0.0272. The summed E-state index contributed by atoms with van der Waals surface area (Å²) in [5.41, 5.74) is 3.02. The van der Waals surface area contributed by atoms with Gasteiger partial charge in [-0.15, -0.1) is 0 Å². The molecule has 0 N–H and O–H groups in total. The van der Waals surface area contributed by atoms with E-state index in [0.717, 1.165) is 31.1 Å². The maximum Gasteiger partial charge on any atom is 0.0689 e. The van der Waals surface area contributed by atoms with E-state index in [0.29, 0.717) is 5.92 Å². The second-order valence-electron chi connectivity index (χ2n) is 11.3. The highest BCUT2D eigenvalue weighted by Gasteiger charge is 2.35. The first-order valence-electron chi connectivity index (χ1n) is 14.2. The lowest BCUT2D eigenvalue weighted by molar-refractivity contribution is 0.223. The second-order valence-corrected chi connectivity index (χ2v) is 11.3. The van der Waals surface area contributed by atoms with Gasteiger partial charge < -0.3 is 0 Å². The highest BCUT2D eigenvalue weighted by atomic mass is 14.4. The molecular formula is C31H49N. The van der Waals surface area contributed by atoms with Gasteiger partial charge in [0, 0.05) is 0 Å². The highest BCUT2D eigenvalue weighted by molar-refractivity contribution is 5.26. The van der Waals surface area contributed by atoms with E-state index in [9.17, 15) is 5.26 Å². The molecule has 2 saturated carbocycles. The van der Waals surface area contributed by atoms with Crippen molar-refractivity contribution >= 4 is 0 Å². The van der Waals surface area contributed by atoms with Gasteiger partial charge in [0.15, 0.2) is 0 Å².